The van der Waals surface area contributed by atoms with E-state index < -0.39 is 0 Å². The van der Waals surface area contributed by atoms with Crippen LogP contribution in [0.1, 0.15) is 29.5 Å². The van der Waals surface area contributed by atoms with E-state index in [2.05, 4.69) is 27.6 Å². The zero-order valence-electron chi connectivity index (χ0n) is 10.9. The lowest BCUT2D eigenvalue weighted by Gasteiger charge is -2.37. The molecule has 19 heavy (non-hydrogen) atoms. The van der Waals surface area contributed by atoms with Crippen LogP contribution in [-0.4, -0.2) is 24.4 Å². The average Bonchev–Trinajstić information content (AvgIpc) is 2.39. The van der Waals surface area contributed by atoms with E-state index in [1.54, 1.807) is 6.21 Å². The van der Waals surface area contributed by atoms with Crippen LogP contribution in [0.25, 0.3) is 0 Å². The van der Waals surface area contributed by atoms with Crippen molar-refractivity contribution in [3.05, 3.63) is 28.8 Å². The van der Waals surface area contributed by atoms with Crippen LogP contribution in [-0.2, 0) is 12.8 Å². The van der Waals surface area contributed by atoms with E-state index in [9.17, 15) is 0 Å². The highest BCUT2D eigenvalue weighted by Gasteiger charge is 2.23. The molecular weight excluding hydrogens is 256 g/mol. The largest absolute Gasteiger partial charge is 0.375 e. The molecule has 0 radical (unpaired) electrons. The molecule has 4 nitrogen and oxygen atoms in total. The summed E-state index contributed by atoms with van der Waals surface area (Å²) in [6, 6.07) is 4.47. The first-order valence-corrected chi connectivity index (χ1v) is 7.14. The molecule has 0 spiro atoms. The maximum Gasteiger partial charge on any atom is 0.184 e. The number of hydrogen-bond acceptors (Lipinski definition) is 3. The van der Waals surface area contributed by atoms with Gasteiger partial charge in [0.05, 0.1) is 6.21 Å². The Bertz CT molecular complexity index is 507. The van der Waals surface area contributed by atoms with Gasteiger partial charge in [-0.2, -0.15) is 5.10 Å². The number of thiocarbonyl (C=S) groups is 1. The number of benzene rings is 1. The van der Waals surface area contributed by atoms with E-state index in [0.717, 1.165) is 5.56 Å². The summed E-state index contributed by atoms with van der Waals surface area (Å²) < 4.78 is 0. The van der Waals surface area contributed by atoms with Gasteiger partial charge in [-0.05, 0) is 66.7 Å². The summed E-state index contributed by atoms with van der Waals surface area (Å²) in [5.74, 6) is 0. The van der Waals surface area contributed by atoms with Crippen LogP contribution in [0.3, 0.4) is 0 Å². The smallest absolute Gasteiger partial charge is 0.184 e. The van der Waals surface area contributed by atoms with Gasteiger partial charge in [0.2, 0.25) is 0 Å². The molecule has 2 aliphatic heterocycles. The maximum atomic E-state index is 5.35. The minimum Gasteiger partial charge on any atom is -0.375 e. The van der Waals surface area contributed by atoms with Gasteiger partial charge in [-0.15, -0.1) is 0 Å². The Balaban J connectivity index is 1.92. The molecule has 0 aromatic heterocycles. The number of anilines is 1. The van der Waals surface area contributed by atoms with Crippen molar-refractivity contribution in [2.24, 2.45) is 10.8 Å². The Hall–Kier alpha value is -1.62. The molecule has 0 bridgehead atoms. The van der Waals surface area contributed by atoms with Gasteiger partial charge in [-0.25, -0.2) is 0 Å². The Kier molecular flexibility index (Phi) is 3.38. The minimum atomic E-state index is 0.196. The molecule has 0 aliphatic carbocycles. The lowest BCUT2D eigenvalue weighted by Crippen LogP contribution is -2.34. The molecule has 0 saturated heterocycles. The first-order valence-electron chi connectivity index (χ1n) is 6.73. The molecule has 2 heterocycles. The summed E-state index contributed by atoms with van der Waals surface area (Å²) in [4.78, 5) is 2.53. The second kappa shape index (κ2) is 5.17. The predicted molar refractivity (Wildman–Crippen MR) is 82.8 cm³/mol. The van der Waals surface area contributed by atoms with Crippen molar-refractivity contribution in [3.63, 3.8) is 0 Å². The van der Waals surface area contributed by atoms with Gasteiger partial charge >= 0.3 is 0 Å². The number of hydrazone groups is 1. The van der Waals surface area contributed by atoms with Gasteiger partial charge in [0.1, 0.15) is 0 Å². The SMILES string of the molecule is NC(=S)N/N=C\c1cc2c3c(c1)CCCN3CCC2. The summed E-state index contributed by atoms with van der Waals surface area (Å²) in [6.45, 7) is 2.41. The Morgan fingerprint density at radius 3 is 2.47 bits per heavy atom. The molecule has 0 amide bonds. The van der Waals surface area contributed by atoms with Crippen LogP contribution < -0.4 is 16.1 Å². The third-order valence-electron chi connectivity index (χ3n) is 3.74. The van der Waals surface area contributed by atoms with E-state index >= 15 is 0 Å². The van der Waals surface area contributed by atoms with E-state index in [-0.39, 0.29) is 5.11 Å². The summed E-state index contributed by atoms with van der Waals surface area (Å²) in [5.41, 5.74) is 13.5. The van der Waals surface area contributed by atoms with Gasteiger partial charge < -0.3 is 10.6 Å². The summed E-state index contributed by atoms with van der Waals surface area (Å²) >= 11 is 4.73. The number of nitrogens with two attached hydrogens (primary N) is 1. The number of hydrogen-bond donors (Lipinski definition) is 2. The van der Waals surface area contributed by atoms with Gasteiger partial charge in [0, 0.05) is 18.8 Å². The Labute approximate surface area is 118 Å². The summed E-state index contributed by atoms with van der Waals surface area (Å²) in [5, 5.41) is 4.24. The van der Waals surface area contributed by atoms with E-state index in [0.29, 0.717) is 0 Å². The second-order valence-corrected chi connectivity index (χ2v) is 5.56. The molecule has 3 N–H and O–H groups in total. The first kappa shape index (κ1) is 12.4. The molecule has 1 aromatic carbocycles. The van der Waals surface area contributed by atoms with Crippen molar-refractivity contribution < 1.29 is 0 Å². The minimum absolute atomic E-state index is 0.196. The van der Waals surface area contributed by atoms with E-state index in [4.69, 9.17) is 18.0 Å². The van der Waals surface area contributed by atoms with Crippen molar-refractivity contribution in [2.45, 2.75) is 25.7 Å². The normalized spacial score (nSPS) is 17.4. The zero-order valence-corrected chi connectivity index (χ0v) is 11.7. The highest BCUT2D eigenvalue weighted by molar-refractivity contribution is 7.80. The highest BCUT2D eigenvalue weighted by Crippen LogP contribution is 2.35. The van der Waals surface area contributed by atoms with Crippen molar-refractivity contribution in [2.75, 3.05) is 18.0 Å². The molecule has 5 heteroatoms. The summed E-state index contributed by atoms with van der Waals surface area (Å²) in [7, 11) is 0. The molecule has 2 aliphatic rings. The van der Waals surface area contributed by atoms with Crippen LogP contribution in [0.5, 0.6) is 0 Å². The number of nitrogens with zero attached hydrogens (tertiary/aromatic N) is 2. The van der Waals surface area contributed by atoms with Crippen LogP contribution >= 0.6 is 12.2 Å². The van der Waals surface area contributed by atoms with Crippen molar-refractivity contribution in [1.29, 1.82) is 0 Å². The molecule has 0 fully saturated rings. The van der Waals surface area contributed by atoms with Gasteiger partial charge in [-0.1, -0.05) is 0 Å². The average molecular weight is 274 g/mol. The highest BCUT2D eigenvalue weighted by atomic mass is 32.1. The van der Waals surface area contributed by atoms with Crippen LogP contribution in [0.4, 0.5) is 5.69 Å². The third kappa shape index (κ3) is 2.56. The summed E-state index contributed by atoms with van der Waals surface area (Å²) in [6.07, 6.45) is 6.63. The number of aryl methyl sites for hydroxylation is 2. The second-order valence-electron chi connectivity index (χ2n) is 5.12. The third-order valence-corrected chi connectivity index (χ3v) is 3.83. The Morgan fingerprint density at radius 2 is 1.89 bits per heavy atom. The Morgan fingerprint density at radius 1 is 1.26 bits per heavy atom. The fourth-order valence-electron chi connectivity index (χ4n) is 3.08. The quantitative estimate of drug-likeness (QED) is 0.488. The maximum absolute atomic E-state index is 5.35. The lowest BCUT2D eigenvalue weighted by atomic mass is 9.90. The van der Waals surface area contributed by atoms with Crippen molar-refractivity contribution in [1.82, 2.24) is 5.43 Å². The lowest BCUT2D eigenvalue weighted by molar-refractivity contribution is 0.634. The number of nitrogens with one attached hydrogen (secondary N) is 1. The molecule has 0 atom stereocenters. The molecule has 100 valence electrons. The monoisotopic (exact) mass is 274 g/mol. The van der Waals surface area contributed by atoms with E-state index in [1.165, 1.54) is 55.6 Å². The van der Waals surface area contributed by atoms with E-state index in [1.807, 2.05) is 0 Å². The number of rotatable bonds is 2. The zero-order chi connectivity index (χ0) is 13.2. The molecule has 0 unspecified atom stereocenters. The van der Waals surface area contributed by atoms with Gasteiger partial charge in [0.25, 0.3) is 0 Å². The van der Waals surface area contributed by atoms with Crippen LogP contribution in [0, 0.1) is 0 Å². The molecule has 3 rings (SSSR count). The molecule has 0 saturated carbocycles. The topological polar surface area (TPSA) is 53.6 Å². The van der Waals surface area contributed by atoms with Crippen LogP contribution in [0.15, 0.2) is 17.2 Å². The first-order chi connectivity index (χ1) is 9.24. The van der Waals surface area contributed by atoms with Crippen LogP contribution in [0.2, 0.25) is 0 Å². The standard InChI is InChI=1S/C14H18N4S/c15-14(19)17-16-9-10-7-11-3-1-5-18-6-2-4-12(8-10)13(11)18/h7-9H,1-6H2,(H3,15,17,19)/b16-9-. The fourth-order valence-corrected chi connectivity index (χ4v) is 3.13. The predicted octanol–water partition coefficient (Wildman–Crippen LogP) is 1.55. The van der Waals surface area contributed by atoms with Crippen molar-refractivity contribution >= 4 is 29.2 Å². The van der Waals surface area contributed by atoms with Gasteiger partial charge in [0.15, 0.2) is 5.11 Å². The molecule has 1 aromatic rings. The molecular formula is C14H18N4S. The fraction of sp³-hybridized carbons (Fsp3) is 0.429. The van der Waals surface area contributed by atoms with Gasteiger partial charge in [-0.3, -0.25) is 5.43 Å². The van der Waals surface area contributed by atoms with Crippen molar-refractivity contribution in [3.8, 4) is 0 Å².